The first kappa shape index (κ1) is 15.3. The van der Waals surface area contributed by atoms with Gasteiger partial charge in [-0.05, 0) is 53.5 Å². The maximum absolute atomic E-state index is 11.8. The lowest BCUT2D eigenvalue weighted by molar-refractivity contribution is 0.0527. The molecular weight excluding hydrogens is 334 g/mol. The number of esters is 1. The number of nitrogens with zero attached hydrogens (tertiary/aromatic N) is 1. The second-order valence-electron chi connectivity index (χ2n) is 4.45. The third kappa shape index (κ3) is 3.52. The molecule has 0 fully saturated rings. The van der Waals surface area contributed by atoms with Gasteiger partial charge in [-0.2, -0.15) is 0 Å². The van der Waals surface area contributed by atoms with Crippen LogP contribution >= 0.6 is 15.9 Å². The monoisotopic (exact) mass is 349 g/mol. The minimum Gasteiger partial charge on any atom is -0.462 e. The number of anilines is 3. The average molecular weight is 350 g/mol. The molecule has 0 amide bonds. The topological polar surface area (TPSA) is 77.2 Å². The van der Waals surface area contributed by atoms with E-state index in [1.54, 1.807) is 13.0 Å². The Bertz CT molecular complexity index is 674. The molecule has 0 unspecified atom stereocenters. The highest BCUT2D eigenvalue weighted by molar-refractivity contribution is 9.10. The zero-order valence-corrected chi connectivity index (χ0v) is 13.4. The van der Waals surface area contributed by atoms with Gasteiger partial charge in [0.2, 0.25) is 0 Å². The highest BCUT2D eigenvalue weighted by atomic mass is 79.9. The number of ether oxygens (including phenoxy) is 1. The Morgan fingerprint density at radius 2 is 2.19 bits per heavy atom. The molecule has 0 saturated carbocycles. The zero-order chi connectivity index (χ0) is 15.4. The van der Waals surface area contributed by atoms with Gasteiger partial charge in [0.15, 0.2) is 5.82 Å². The Morgan fingerprint density at radius 3 is 2.86 bits per heavy atom. The van der Waals surface area contributed by atoms with E-state index in [4.69, 9.17) is 10.5 Å². The van der Waals surface area contributed by atoms with Crippen LogP contribution in [0.25, 0.3) is 0 Å². The first-order valence-corrected chi connectivity index (χ1v) is 7.27. The number of carbonyl (C=O) groups is 1. The molecule has 0 saturated heterocycles. The second-order valence-corrected chi connectivity index (χ2v) is 5.30. The van der Waals surface area contributed by atoms with Crippen molar-refractivity contribution in [1.82, 2.24) is 4.98 Å². The van der Waals surface area contributed by atoms with E-state index in [0.29, 0.717) is 18.0 Å². The van der Waals surface area contributed by atoms with E-state index in [1.165, 1.54) is 6.20 Å². The number of aryl methyl sites for hydroxylation is 1. The van der Waals surface area contributed by atoms with Crippen molar-refractivity contribution >= 4 is 39.1 Å². The van der Waals surface area contributed by atoms with Gasteiger partial charge in [0.05, 0.1) is 23.5 Å². The zero-order valence-electron chi connectivity index (χ0n) is 11.8. The molecule has 1 heterocycles. The molecule has 0 atom stereocenters. The normalized spacial score (nSPS) is 10.2. The Kier molecular flexibility index (Phi) is 4.80. The molecule has 2 aromatic rings. The SMILES string of the molecule is CCOC(=O)c1ccnc(Nc2ccc(C)cc2Br)c1N. The lowest BCUT2D eigenvalue weighted by Crippen LogP contribution is -2.10. The minimum absolute atomic E-state index is 0.267. The molecule has 0 radical (unpaired) electrons. The van der Waals surface area contributed by atoms with Gasteiger partial charge in [-0.1, -0.05) is 6.07 Å². The van der Waals surface area contributed by atoms with Crippen molar-refractivity contribution in [3.63, 3.8) is 0 Å². The standard InChI is InChI=1S/C15H16BrN3O2/c1-3-21-15(20)10-6-7-18-14(13(10)17)19-12-5-4-9(2)8-11(12)16/h4-8H,3,17H2,1-2H3,(H,18,19). The van der Waals surface area contributed by atoms with E-state index in [9.17, 15) is 4.79 Å². The van der Waals surface area contributed by atoms with Crippen LogP contribution in [0.5, 0.6) is 0 Å². The van der Waals surface area contributed by atoms with Crippen LogP contribution in [-0.2, 0) is 4.74 Å². The molecule has 6 heteroatoms. The summed E-state index contributed by atoms with van der Waals surface area (Å²) in [6.07, 6.45) is 1.52. The molecule has 110 valence electrons. The fourth-order valence-electron chi connectivity index (χ4n) is 1.81. The summed E-state index contributed by atoms with van der Waals surface area (Å²) < 4.78 is 5.86. The van der Waals surface area contributed by atoms with Crippen LogP contribution in [0.15, 0.2) is 34.9 Å². The minimum atomic E-state index is -0.455. The molecule has 0 aliphatic heterocycles. The number of pyridine rings is 1. The predicted octanol–water partition coefficient (Wildman–Crippen LogP) is 3.66. The number of carbonyl (C=O) groups excluding carboxylic acids is 1. The third-order valence-corrected chi connectivity index (χ3v) is 3.52. The molecular formula is C15H16BrN3O2. The smallest absolute Gasteiger partial charge is 0.340 e. The van der Waals surface area contributed by atoms with Crippen LogP contribution in [0.4, 0.5) is 17.2 Å². The predicted molar refractivity (Wildman–Crippen MR) is 86.8 cm³/mol. The summed E-state index contributed by atoms with van der Waals surface area (Å²) in [4.78, 5) is 16.0. The number of benzene rings is 1. The van der Waals surface area contributed by atoms with E-state index >= 15 is 0 Å². The van der Waals surface area contributed by atoms with Crippen molar-refractivity contribution in [1.29, 1.82) is 0 Å². The first-order chi connectivity index (χ1) is 10.0. The highest BCUT2D eigenvalue weighted by Crippen LogP contribution is 2.29. The summed E-state index contributed by atoms with van der Waals surface area (Å²) in [6, 6.07) is 7.41. The molecule has 21 heavy (non-hydrogen) atoms. The van der Waals surface area contributed by atoms with Gasteiger partial charge in [0, 0.05) is 10.7 Å². The van der Waals surface area contributed by atoms with Crippen molar-refractivity contribution in [2.24, 2.45) is 0 Å². The van der Waals surface area contributed by atoms with Gasteiger partial charge in [0.1, 0.15) is 0 Å². The Balaban J connectivity index is 2.32. The van der Waals surface area contributed by atoms with Crippen LogP contribution in [0, 0.1) is 6.92 Å². The summed E-state index contributed by atoms with van der Waals surface area (Å²) in [6.45, 7) is 4.05. The molecule has 3 N–H and O–H groups in total. The Hall–Kier alpha value is -2.08. The van der Waals surface area contributed by atoms with Gasteiger partial charge in [-0.3, -0.25) is 0 Å². The van der Waals surface area contributed by atoms with Gasteiger partial charge >= 0.3 is 5.97 Å². The number of hydrogen-bond donors (Lipinski definition) is 2. The maximum Gasteiger partial charge on any atom is 0.340 e. The van der Waals surface area contributed by atoms with Crippen molar-refractivity contribution in [2.45, 2.75) is 13.8 Å². The van der Waals surface area contributed by atoms with Gasteiger partial charge in [-0.25, -0.2) is 9.78 Å². The molecule has 5 nitrogen and oxygen atoms in total. The number of nitrogen functional groups attached to an aromatic ring is 1. The second kappa shape index (κ2) is 6.58. The molecule has 1 aromatic carbocycles. The van der Waals surface area contributed by atoms with Crippen LogP contribution in [0.2, 0.25) is 0 Å². The van der Waals surface area contributed by atoms with Crippen LogP contribution in [0.1, 0.15) is 22.8 Å². The molecule has 1 aromatic heterocycles. The maximum atomic E-state index is 11.8. The third-order valence-electron chi connectivity index (χ3n) is 2.86. The van der Waals surface area contributed by atoms with Crippen molar-refractivity contribution in [3.8, 4) is 0 Å². The molecule has 0 aliphatic carbocycles. The lowest BCUT2D eigenvalue weighted by Gasteiger charge is -2.12. The van der Waals surface area contributed by atoms with E-state index in [0.717, 1.165) is 15.7 Å². The van der Waals surface area contributed by atoms with Crippen molar-refractivity contribution in [2.75, 3.05) is 17.7 Å². The van der Waals surface area contributed by atoms with Crippen molar-refractivity contribution < 1.29 is 9.53 Å². The number of halogens is 1. The number of aromatic nitrogens is 1. The van der Waals surface area contributed by atoms with E-state index in [2.05, 4.69) is 26.2 Å². The summed E-state index contributed by atoms with van der Waals surface area (Å²) in [7, 11) is 0. The lowest BCUT2D eigenvalue weighted by atomic mass is 10.2. The molecule has 0 aliphatic rings. The molecule has 0 spiro atoms. The fraction of sp³-hybridized carbons (Fsp3) is 0.200. The van der Waals surface area contributed by atoms with Crippen LogP contribution in [-0.4, -0.2) is 17.6 Å². The number of nitrogens with one attached hydrogen (secondary N) is 1. The van der Waals surface area contributed by atoms with Crippen molar-refractivity contribution in [3.05, 3.63) is 46.1 Å². The number of nitrogens with two attached hydrogens (primary N) is 1. The Labute approximate surface area is 131 Å². The van der Waals surface area contributed by atoms with Crippen LogP contribution in [0.3, 0.4) is 0 Å². The largest absolute Gasteiger partial charge is 0.462 e. The highest BCUT2D eigenvalue weighted by Gasteiger charge is 2.15. The van der Waals surface area contributed by atoms with Gasteiger partial charge < -0.3 is 15.8 Å². The van der Waals surface area contributed by atoms with E-state index < -0.39 is 5.97 Å². The summed E-state index contributed by atoms with van der Waals surface area (Å²) in [5.41, 5.74) is 8.52. The van der Waals surface area contributed by atoms with Crippen LogP contribution < -0.4 is 11.1 Å². The molecule has 0 bridgehead atoms. The average Bonchev–Trinajstić information content (AvgIpc) is 2.44. The Morgan fingerprint density at radius 1 is 1.43 bits per heavy atom. The quantitative estimate of drug-likeness (QED) is 0.823. The summed E-state index contributed by atoms with van der Waals surface area (Å²) >= 11 is 3.48. The van der Waals surface area contributed by atoms with Gasteiger partial charge in [-0.15, -0.1) is 0 Å². The van der Waals surface area contributed by atoms with Gasteiger partial charge in [0.25, 0.3) is 0 Å². The number of hydrogen-bond acceptors (Lipinski definition) is 5. The van der Waals surface area contributed by atoms with E-state index in [-0.39, 0.29) is 5.69 Å². The fourth-order valence-corrected chi connectivity index (χ4v) is 2.40. The summed E-state index contributed by atoms with van der Waals surface area (Å²) in [5.74, 6) is -0.0338. The van der Waals surface area contributed by atoms with E-state index in [1.807, 2.05) is 25.1 Å². The summed E-state index contributed by atoms with van der Waals surface area (Å²) in [5, 5.41) is 3.11. The first-order valence-electron chi connectivity index (χ1n) is 6.47. The number of rotatable bonds is 4. The molecule has 2 rings (SSSR count).